The number of nitrogens with one attached hydrogen (secondary N) is 2. The van der Waals surface area contributed by atoms with Gasteiger partial charge in [-0.25, -0.2) is 18.7 Å². The molecule has 4 N–H and O–H groups in total. The number of aromatic hydroxyl groups is 1. The van der Waals surface area contributed by atoms with Crippen molar-refractivity contribution in [2.45, 2.75) is 26.0 Å². The Bertz CT molecular complexity index is 1410. The summed E-state index contributed by atoms with van der Waals surface area (Å²) in [6, 6.07) is 10.8. The van der Waals surface area contributed by atoms with E-state index in [-0.39, 0.29) is 24.8 Å². The summed E-state index contributed by atoms with van der Waals surface area (Å²) < 4.78 is 27.5. The highest BCUT2D eigenvalue weighted by atomic mass is 127. The maximum atomic E-state index is 14.7. The SMILES string of the molecule is CO[C@H](C)[C@@H](c1nc(-c2ccc(I)cc2F)c(C)[nH]1)n1c(O)c(-c2ccc(OCCO)cc2)[nH]c1=O. The summed E-state index contributed by atoms with van der Waals surface area (Å²) >= 11 is 2.04. The van der Waals surface area contributed by atoms with E-state index in [2.05, 4.69) is 15.0 Å². The molecule has 0 saturated heterocycles. The van der Waals surface area contributed by atoms with Crippen molar-refractivity contribution in [1.29, 1.82) is 0 Å². The first kappa shape index (κ1) is 25.9. The van der Waals surface area contributed by atoms with Gasteiger partial charge in [0.05, 0.1) is 18.4 Å². The van der Waals surface area contributed by atoms with Gasteiger partial charge in [0.15, 0.2) is 0 Å². The molecule has 0 amide bonds. The zero-order chi connectivity index (χ0) is 26.0. The normalized spacial score (nSPS) is 13.1. The van der Waals surface area contributed by atoms with Crippen LogP contribution in [0, 0.1) is 16.3 Å². The number of nitrogens with zero attached hydrogens (tertiary/aromatic N) is 2. The first-order valence-corrected chi connectivity index (χ1v) is 12.2. The molecule has 0 radical (unpaired) electrons. The molecular formula is C25H26FIN4O5. The van der Waals surface area contributed by atoms with Crippen LogP contribution in [0.15, 0.2) is 47.3 Å². The van der Waals surface area contributed by atoms with Crippen LogP contribution in [0.5, 0.6) is 11.6 Å². The Labute approximate surface area is 220 Å². The highest BCUT2D eigenvalue weighted by Crippen LogP contribution is 2.34. The standard InChI is InChI=1S/C25H26FIN4O5/c1-13-20(18-9-6-16(27)12-19(18)26)29-23(28-13)22(14(2)35-3)31-24(33)21(30-25(31)34)15-4-7-17(8-5-15)36-11-10-32/h4-9,12,14,22,32-33H,10-11H2,1-3H3,(H,28,29)(H,30,34)/t14-,22+/m1/s1. The molecule has 0 aliphatic carbocycles. The third-order valence-electron chi connectivity index (χ3n) is 5.87. The first-order valence-electron chi connectivity index (χ1n) is 11.2. The number of halogens is 2. The van der Waals surface area contributed by atoms with E-state index in [0.29, 0.717) is 34.1 Å². The molecule has 4 rings (SSSR count). The molecular weight excluding hydrogens is 582 g/mol. The quantitative estimate of drug-likeness (QED) is 0.213. The molecule has 0 saturated carbocycles. The maximum absolute atomic E-state index is 14.7. The van der Waals surface area contributed by atoms with Crippen LogP contribution in [0.25, 0.3) is 22.5 Å². The Balaban J connectivity index is 1.77. The number of benzene rings is 2. The summed E-state index contributed by atoms with van der Waals surface area (Å²) in [6.45, 7) is 3.57. The van der Waals surface area contributed by atoms with Crippen LogP contribution in [0.2, 0.25) is 0 Å². The minimum absolute atomic E-state index is 0.109. The number of rotatable bonds is 9. The number of methoxy groups -OCH3 is 1. The van der Waals surface area contributed by atoms with Crippen LogP contribution in [-0.2, 0) is 4.74 Å². The number of ether oxygens (including phenoxy) is 2. The van der Waals surface area contributed by atoms with E-state index >= 15 is 0 Å². The lowest BCUT2D eigenvalue weighted by atomic mass is 10.1. The van der Waals surface area contributed by atoms with Gasteiger partial charge in [-0.1, -0.05) is 0 Å². The Morgan fingerprint density at radius 2 is 1.92 bits per heavy atom. The molecule has 0 spiro atoms. The lowest BCUT2D eigenvalue weighted by Gasteiger charge is -2.22. The van der Waals surface area contributed by atoms with Gasteiger partial charge in [-0.3, -0.25) is 0 Å². The van der Waals surface area contributed by atoms with Gasteiger partial charge in [-0.15, -0.1) is 0 Å². The van der Waals surface area contributed by atoms with Gasteiger partial charge in [0.25, 0.3) is 0 Å². The van der Waals surface area contributed by atoms with E-state index in [1.165, 1.54) is 17.7 Å². The van der Waals surface area contributed by atoms with Gasteiger partial charge in [0.2, 0.25) is 5.88 Å². The van der Waals surface area contributed by atoms with E-state index in [9.17, 15) is 14.3 Å². The molecule has 0 aliphatic heterocycles. The van der Waals surface area contributed by atoms with Crippen LogP contribution in [-0.4, -0.2) is 56.2 Å². The van der Waals surface area contributed by atoms with Crippen molar-refractivity contribution in [2.24, 2.45) is 0 Å². The highest BCUT2D eigenvalue weighted by Gasteiger charge is 2.31. The average molecular weight is 608 g/mol. The zero-order valence-electron chi connectivity index (χ0n) is 19.9. The average Bonchev–Trinajstić information content (AvgIpc) is 3.37. The highest BCUT2D eigenvalue weighted by molar-refractivity contribution is 14.1. The second-order valence-corrected chi connectivity index (χ2v) is 9.45. The number of hydrogen-bond donors (Lipinski definition) is 4. The fourth-order valence-electron chi connectivity index (χ4n) is 4.03. The van der Waals surface area contributed by atoms with Gasteiger partial charge in [0, 0.05) is 27.5 Å². The molecule has 0 bridgehead atoms. The molecule has 36 heavy (non-hydrogen) atoms. The second kappa shape index (κ2) is 10.8. The van der Waals surface area contributed by atoms with Crippen LogP contribution in [0.1, 0.15) is 24.5 Å². The van der Waals surface area contributed by atoms with Gasteiger partial charge in [-0.05, 0) is 78.9 Å². The van der Waals surface area contributed by atoms with E-state index < -0.39 is 23.7 Å². The van der Waals surface area contributed by atoms with E-state index in [1.807, 2.05) is 22.6 Å². The summed E-state index contributed by atoms with van der Waals surface area (Å²) in [6.07, 6.45) is -0.577. The largest absolute Gasteiger partial charge is 0.493 e. The monoisotopic (exact) mass is 608 g/mol. The van der Waals surface area contributed by atoms with E-state index in [0.717, 1.165) is 3.57 Å². The van der Waals surface area contributed by atoms with Gasteiger partial charge in [0.1, 0.15) is 35.7 Å². The number of aliphatic hydroxyl groups excluding tert-OH is 1. The van der Waals surface area contributed by atoms with Gasteiger partial charge < -0.3 is 29.7 Å². The third kappa shape index (κ3) is 5.04. The molecule has 4 aromatic rings. The lowest BCUT2D eigenvalue weighted by molar-refractivity contribution is 0.0784. The van der Waals surface area contributed by atoms with Crippen LogP contribution >= 0.6 is 22.6 Å². The summed E-state index contributed by atoms with van der Waals surface area (Å²) in [7, 11) is 1.49. The fourth-order valence-corrected chi connectivity index (χ4v) is 4.48. The van der Waals surface area contributed by atoms with E-state index in [1.54, 1.807) is 50.2 Å². The predicted octanol–water partition coefficient (Wildman–Crippen LogP) is 3.99. The first-order chi connectivity index (χ1) is 17.2. The van der Waals surface area contributed by atoms with Crippen molar-refractivity contribution in [3.8, 4) is 34.1 Å². The molecule has 0 fully saturated rings. The third-order valence-corrected chi connectivity index (χ3v) is 6.54. The molecule has 0 aliphatic rings. The van der Waals surface area contributed by atoms with Crippen molar-refractivity contribution in [3.05, 3.63) is 73.9 Å². The fraction of sp³-hybridized carbons (Fsp3) is 0.280. The van der Waals surface area contributed by atoms with Crippen molar-refractivity contribution < 1.29 is 24.1 Å². The summed E-state index contributed by atoms with van der Waals surface area (Å²) in [5.41, 5.74) is 1.56. The Kier molecular flexibility index (Phi) is 7.81. The van der Waals surface area contributed by atoms with Crippen molar-refractivity contribution in [3.63, 3.8) is 0 Å². The second-order valence-electron chi connectivity index (χ2n) is 8.20. The number of aromatic nitrogens is 4. The molecule has 190 valence electrons. The van der Waals surface area contributed by atoms with Gasteiger partial charge >= 0.3 is 5.69 Å². The number of imidazole rings is 2. The molecule has 11 heteroatoms. The van der Waals surface area contributed by atoms with Gasteiger partial charge in [-0.2, -0.15) is 0 Å². The maximum Gasteiger partial charge on any atom is 0.329 e. The molecule has 2 heterocycles. The minimum Gasteiger partial charge on any atom is -0.493 e. The Hall–Kier alpha value is -3.16. The molecule has 2 aromatic heterocycles. The molecule has 0 unspecified atom stereocenters. The summed E-state index contributed by atoms with van der Waals surface area (Å²) in [5, 5.41) is 20.0. The van der Waals surface area contributed by atoms with Crippen LogP contribution < -0.4 is 10.4 Å². The van der Waals surface area contributed by atoms with Crippen molar-refractivity contribution in [2.75, 3.05) is 20.3 Å². The number of aromatic amines is 2. The predicted molar refractivity (Wildman–Crippen MR) is 141 cm³/mol. The zero-order valence-corrected chi connectivity index (χ0v) is 22.0. The number of aliphatic hydroxyl groups is 1. The molecule has 2 aromatic carbocycles. The smallest absolute Gasteiger partial charge is 0.329 e. The molecule has 2 atom stereocenters. The van der Waals surface area contributed by atoms with E-state index in [4.69, 9.17) is 14.6 Å². The molecule has 9 nitrogen and oxygen atoms in total. The number of aryl methyl sites for hydroxylation is 1. The number of H-pyrrole nitrogens is 2. The van der Waals surface area contributed by atoms with Crippen LogP contribution in [0.3, 0.4) is 0 Å². The van der Waals surface area contributed by atoms with Crippen molar-refractivity contribution in [1.82, 2.24) is 19.5 Å². The topological polar surface area (TPSA) is 125 Å². The van der Waals surface area contributed by atoms with Crippen LogP contribution in [0.4, 0.5) is 4.39 Å². The lowest BCUT2D eigenvalue weighted by Crippen LogP contribution is -2.32. The minimum atomic E-state index is -0.834. The summed E-state index contributed by atoms with van der Waals surface area (Å²) in [4.78, 5) is 23.5. The number of hydrogen-bond acceptors (Lipinski definition) is 6. The summed E-state index contributed by atoms with van der Waals surface area (Å²) in [5.74, 6) is 0.176. The Morgan fingerprint density at radius 3 is 2.56 bits per heavy atom. The Morgan fingerprint density at radius 1 is 1.19 bits per heavy atom. The van der Waals surface area contributed by atoms with Crippen molar-refractivity contribution >= 4 is 22.6 Å².